The van der Waals surface area contributed by atoms with Crippen LogP contribution >= 0.6 is 0 Å². The summed E-state index contributed by atoms with van der Waals surface area (Å²) in [6.07, 6.45) is -0.490. The third kappa shape index (κ3) is 7.32. The normalized spacial score (nSPS) is 16.1. The number of carbonyl (C=O) groups is 1. The molecular formula is C23H31N7O4. The molecule has 0 spiro atoms. The highest BCUT2D eigenvalue weighted by atomic mass is 16.7. The first-order valence-electron chi connectivity index (χ1n) is 10.8. The number of anilines is 1. The third-order valence-electron chi connectivity index (χ3n) is 4.92. The summed E-state index contributed by atoms with van der Waals surface area (Å²) in [6.45, 7) is 5.21. The predicted molar refractivity (Wildman–Crippen MR) is 128 cm³/mol. The van der Waals surface area contributed by atoms with Gasteiger partial charge >= 0.3 is 0 Å². The lowest BCUT2D eigenvalue weighted by molar-refractivity contribution is -0.222. The molecule has 0 bridgehead atoms. The molecule has 1 amide bonds. The highest BCUT2D eigenvalue weighted by molar-refractivity contribution is 6.46. The number of hydrazine groups is 2. The Bertz CT molecular complexity index is 1000. The van der Waals surface area contributed by atoms with Gasteiger partial charge in [0.05, 0.1) is 25.3 Å². The van der Waals surface area contributed by atoms with Crippen molar-refractivity contribution in [1.29, 1.82) is 5.41 Å². The largest absolute Gasteiger partial charge is 0.389 e. The van der Waals surface area contributed by atoms with Crippen molar-refractivity contribution in [1.82, 2.24) is 15.5 Å². The van der Waals surface area contributed by atoms with E-state index in [1.165, 1.54) is 5.01 Å². The molecule has 0 aliphatic carbocycles. The van der Waals surface area contributed by atoms with Gasteiger partial charge in [-0.25, -0.2) is 4.98 Å². The van der Waals surface area contributed by atoms with Gasteiger partial charge in [-0.1, -0.05) is 55.4 Å². The minimum atomic E-state index is -0.568. The highest BCUT2D eigenvalue weighted by Gasteiger charge is 2.29. The second-order valence-electron chi connectivity index (χ2n) is 8.60. The zero-order chi connectivity index (χ0) is 24.6. The monoisotopic (exact) mass is 469 g/mol. The van der Waals surface area contributed by atoms with Crippen LogP contribution in [0.5, 0.6) is 0 Å². The molecule has 2 heterocycles. The summed E-state index contributed by atoms with van der Waals surface area (Å²) in [5.74, 6) is 5.57. The van der Waals surface area contributed by atoms with Crippen molar-refractivity contribution in [3.8, 4) is 0 Å². The molecule has 0 atom stereocenters. The van der Waals surface area contributed by atoms with Gasteiger partial charge in [-0.2, -0.15) is 5.53 Å². The maximum Gasteiger partial charge on any atom is 0.230 e. The topological polar surface area (TPSA) is 147 Å². The predicted octanol–water partition coefficient (Wildman–Crippen LogP) is 2.02. The molecule has 3 rings (SSSR count). The Morgan fingerprint density at radius 2 is 1.94 bits per heavy atom. The average molecular weight is 470 g/mol. The molecule has 1 aromatic carbocycles. The Kier molecular flexibility index (Phi) is 8.66. The molecule has 11 nitrogen and oxygen atoms in total. The second kappa shape index (κ2) is 11.7. The van der Waals surface area contributed by atoms with Crippen LogP contribution in [0, 0.1) is 10.8 Å². The smallest absolute Gasteiger partial charge is 0.230 e. The molecule has 1 fully saturated rings. The van der Waals surface area contributed by atoms with Crippen LogP contribution in [0.4, 0.5) is 5.82 Å². The standard InChI is InChI=1S/C23H31N7O4/c1-23(2)14-32-20(33-15-23)12-19(31)27-18-11-7-10-17(26-18)13-34-28-21(22(24)30(3)29-25)16-8-5-4-6-9-16/h4-11,20,24,29H,12-15,25H2,1-3H3,(H,26,27,31)/b24-22?,28-21-. The van der Waals surface area contributed by atoms with E-state index in [1.807, 2.05) is 44.2 Å². The van der Waals surface area contributed by atoms with Gasteiger partial charge in [0.25, 0.3) is 0 Å². The maximum absolute atomic E-state index is 12.4. The molecule has 2 aromatic rings. The van der Waals surface area contributed by atoms with E-state index >= 15 is 0 Å². The lowest BCUT2D eigenvalue weighted by atomic mass is 9.95. The first kappa shape index (κ1) is 25.2. The number of ether oxygens (including phenoxy) is 2. The van der Waals surface area contributed by atoms with Crippen LogP contribution < -0.4 is 16.7 Å². The number of nitrogens with two attached hydrogens (primary N) is 1. The molecule has 0 saturated carbocycles. The van der Waals surface area contributed by atoms with Gasteiger partial charge < -0.3 is 19.6 Å². The van der Waals surface area contributed by atoms with Crippen LogP contribution in [0.2, 0.25) is 0 Å². The first-order valence-corrected chi connectivity index (χ1v) is 10.8. The number of aromatic nitrogens is 1. The summed E-state index contributed by atoms with van der Waals surface area (Å²) in [4.78, 5) is 22.3. The number of nitrogens with zero attached hydrogens (tertiary/aromatic N) is 3. The lowest BCUT2D eigenvalue weighted by Gasteiger charge is -2.34. The molecule has 0 radical (unpaired) electrons. The minimum absolute atomic E-state index is 0.0261. The fourth-order valence-corrected chi connectivity index (χ4v) is 3.03. The van der Waals surface area contributed by atoms with Crippen molar-refractivity contribution < 1.29 is 19.1 Å². The van der Waals surface area contributed by atoms with Gasteiger partial charge in [-0.3, -0.25) is 21.1 Å². The van der Waals surface area contributed by atoms with Crippen molar-refractivity contribution in [3.05, 3.63) is 59.8 Å². The number of carbonyl (C=O) groups excluding carboxylic acids is 1. The Hall–Kier alpha value is -3.38. The van der Waals surface area contributed by atoms with E-state index in [0.717, 1.165) is 0 Å². The van der Waals surface area contributed by atoms with Crippen LogP contribution in [0.1, 0.15) is 31.5 Å². The number of amides is 1. The van der Waals surface area contributed by atoms with Crippen molar-refractivity contribution in [2.24, 2.45) is 16.4 Å². The quantitative estimate of drug-likeness (QED) is 0.189. The molecule has 11 heteroatoms. The van der Waals surface area contributed by atoms with Crippen molar-refractivity contribution in [2.45, 2.75) is 33.2 Å². The number of hydrogen-bond acceptors (Lipinski definition) is 9. The number of oxime groups is 1. The van der Waals surface area contributed by atoms with Gasteiger partial charge in [0, 0.05) is 18.0 Å². The number of pyridine rings is 1. The number of nitrogens with one attached hydrogen (secondary N) is 3. The van der Waals surface area contributed by atoms with Gasteiger partial charge in [0.1, 0.15) is 5.82 Å². The fourth-order valence-electron chi connectivity index (χ4n) is 3.03. The van der Waals surface area contributed by atoms with Gasteiger partial charge in [0.15, 0.2) is 24.4 Å². The fraction of sp³-hybridized carbons (Fsp3) is 0.391. The molecule has 1 aromatic heterocycles. The zero-order valence-electron chi connectivity index (χ0n) is 19.6. The molecule has 5 N–H and O–H groups in total. The second-order valence-corrected chi connectivity index (χ2v) is 8.60. The molecule has 0 unspecified atom stereocenters. The van der Waals surface area contributed by atoms with Crippen LogP contribution in [0.3, 0.4) is 0 Å². The summed E-state index contributed by atoms with van der Waals surface area (Å²) in [6, 6.07) is 14.4. The van der Waals surface area contributed by atoms with Crippen molar-refractivity contribution in [3.63, 3.8) is 0 Å². The Morgan fingerprint density at radius 1 is 1.24 bits per heavy atom. The van der Waals surface area contributed by atoms with E-state index in [-0.39, 0.29) is 30.2 Å². The number of amidine groups is 1. The summed E-state index contributed by atoms with van der Waals surface area (Å²) in [5.41, 5.74) is 3.87. The maximum atomic E-state index is 12.4. The lowest BCUT2D eigenvalue weighted by Crippen LogP contribution is -2.46. The SMILES string of the molecule is CN(NN)C(=N)/C(=N\OCc1cccc(NC(=O)CC2OCC(C)(C)CO2)n1)c1ccccc1. The van der Waals surface area contributed by atoms with Crippen molar-refractivity contribution >= 4 is 23.3 Å². The summed E-state index contributed by atoms with van der Waals surface area (Å²) < 4.78 is 11.2. The molecule has 182 valence electrons. The first-order chi connectivity index (χ1) is 16.3. The molecule has 1 aliphatic rings. The van der Waals surface area contributed by atoms with Gasteiger partial charge in [-0.05, 0) is 12.1 Å². The summed E-state index contributed by atoms with van der Waals surface area (Å²) in [7, 11) is 1.60. The van der Waals surface area contributed by atoms with E-state index in [1.54, 1.807) is 25.2 Å². The van der Waals surface area contributed by atoms with Gasteiger partial charge in [-0.15, -0.1) is 0 Å². The Morgan fingerprint density at radius 3 is 2.62 bits per heavy atom. The number of benzene rings is 1. The van der Waals surface area contributed by atoms with Crippen LogP contribution in [-0.2, 0) is 25.7 Å². The van der Waals surface area contributed by atoms with Crippen LogP contribution in [0.15, 0.2) is 53.7 Å². The number of likely N-dealkylation sites (N-methyl/N-ethyl adjacent to an activating group) is 1. The molecule has 34 heavy (non-hydrogen) atoms. The Balaban J connectivity index is 1.59. The van der Waals surface area contributed by atoms with E-state index in [4.69, 9.17) is 25.6 Å². The molecule has 1 aliphatic heterocycles. The Labute approximate surface area is 198 Å². The summed E-state index contributed by atoms with van der Waals surface area (Å²) >= 11 is 0. The van der Waals surface area contributed by atoms with E-state index in [2.05, 4.69) is 21.0 Å². The number of rotatable bonds is 9. The zero-order valence-corrected chi connectivity index (χ0v) is 19.6. The third-order valence-corrected chi connectivity index (χ3v) is 4.92. The molecule has 1 saturated heterocycles. The van der Waals surface area contributed by atoms with E-state index < -0.39 is 6.29 Å². The summed E-state index contributed by atoms with van der Waals surface area (Å²) in [5, 5.41) is 16.5. The van der Waals surface area contributed by atoms with Crippen LogP contribution in [-0.4, -0.2) is 54.0 Å². The van der Waals surface area contributed by atoms with Crippen LogP contribution in [0.25, 0.3) is 0 Å². The minimum Gasteiger partial charge on any atom is -0.389 e. The van der Waals surface area contributed by atoms with Gasteiger partial charge in [0.2, 0.25) is 5.91 Å². The molecular weight excluding hydrogens is 438 g/mol. The average Bonchev–Trinajstić information content (AvgIpc) is 2.83. The highest BCUT2D eigenvalue weighted by Crippen LogP contribution is 2.24. The number of hydrogen-bond donors (Lipinski definition) is 4. The van der Waals surface area contributed by atoms with Crippen molar-refractivity contribution in [2.75, 3.05) is 25.6 Å². The van der Waals surface area contributed by atoms with E-state index in [0.29, 0.717) is 36.0 Å². The van der Waals surface area contributed by atoms with E-state index in [9.17, 15) is 4.79 Å².